The van der Waals surface area contributed by atoms with Gasteiger partial charge in [-0.1, -0.05) is 26.2 Å². The molecule has 3 nitrogen and oxygen atoms in total. The second-order valence-corrected chi connectivity index (χ2v) is 5.11. The molecule has 17 heavy (non-hydrogen) atoms. The van der Waals surface area contributed by atoms with Crippen LogP contribution >= 0.6 is 0 Å². The Hall–Kier alpha value is -0.960. The highest BCUT2D eigenvalue weighted by atomic mass is 15.0. The molecule has 1 fully saturated rings. The van der Waals surface area contributed by atoms with Crippen LogP contribution in [0, 0.1) is 12.8 Å². The second kappa shape index (κ2) is 6.10. The summed E-state index contributed by atoms with van der Waals surface area (Å²) in [5.41, 5.74) is 1.11. The molecule has 2 unspecified atom stereocenters. The van der Waals surface area contributed by atoms with E-state index in [2.05, 4.69) is 22.2 Å². The summed E-state index contributed by atoms with van der Waals surface area (Å²) in [5, 5.41) is 3.64. The molecule has 2 atom stereocenters. The number of nitrogens with zero attached hydrogens (tertiary/aromatic N) is 2. The molecule has 0 aliphatic heterocycles. The predicted octanol–water partition coefficient (Wildman–Crippen LogP) is 2.84. The number of aromatic nitrogens is 2. The summed E-state index contributed by atoms with van der Waals surface area (Å²) < 4.78 is 0. The Labute approximate surface area is 104 Å². The summed E-state index contributed by atoms with van der Waals surface area (Å²) in [6.07, 6.45) is 8.61. The largest absolute Gasteiger partial charge is 0.308 e. The summed E-state index contributed by atoms with van der Waals surface area (Å²) in [4.78, 5) is 8.54. The SMILES string of the molecule is CCC1CCCC(NCc2ccnc(C)n2)C1. The van der Waals surface area contributed by atoms with Crippen molar-refractivity contribution in [2.45, 2.75) is 58.5 Å². The van der Waals surface area contributed by atoms with Gasteiger partial charge in [0.15, 0.2) is 0 Å². The quantitative estimate of drug-likeness (QED) is 0.869. The van der Waals surface area contributed by atoms with Crippen molar-refractivity contribution >= 4 is 0 Å². The van der Waals surface area contributed by atoms with Crippen LogP contribution in [0.2, 0.25) is 0 Å². The summed E-state index contributed by atoms with van der Waals surface area (Å²) in [7, 11) is 0. The van der Waals surface area contributed by atoms with Crippen LogP contribution in [0.4, 0.5) is 0 Å². The molecule has 1 aliphatic carbocycles. The van der Waals surface area contributed by atoms with E-state index in [0.29, 0.717) is 6.04 Å². The van der Waals surface area contributed by atoms with Crippen molar-refractivity contribution in [2.24, 2.45) is 5.92 Å². The molecule has 1 heterocycles. The average molecular weight is 233 g/mol. The minimum atomic E-state index is 0.684. The Balaban J connectivity index is 1.81. The minimum absolute atomic E-state index is 0.684. The van der Waals surface area contributed by atoms with Gasteiger partial charge in [-0.15, -0.1) is 0 Å². The fourth-order valence-corrected chi connectivity index (χ4v) is 2.70. The Kier molecular flexibility index (Phi) is 4.49. The Morgan fingerprint density at radius 3 is 3.06 bits per heavy atom. The lowest BCUT2D eigenvalue weighted by molar-refractivity contribution is 0.277. The maximum absolute atomic E-state index is 4.42. The topological polar surface area (TPSA) is 37.8 Å². The van der Waals surface area contributed by atoms with Gasteiger partial charge in [0.05, 0.1) is 5.69 Å². The second-order valence-electron chi connectivity index (χ2n) is 5.11. The van der Waals surface area contributed by atoms with Crippen molar-refractivity contribution in [2.75, 3.05) is 0 Å². The lowest BCUT2D eigenvalue weighted by Crippen LogP contribution is -2.33. The molecule has 3 heteroatoms. The van der Waals surface area contributed by atoms with Crippen LogP contribution in [0.5, 0.6) is 0 Å². The van der Waals surface area contributed by atoms with Crippen molar-refractivity contribution in [1.29, 1.82) is 0 Å². The highest BCUT2D eigenvalue weighted by Crippen LogP contribution is 2.26. The maximum Gasteiger partial charge on any atom is 0.125 e. The van der Waals surface area contributed by atoms with E-state index in [-0.39, 0.29) is 0 Å². The molecule has 0 amide bonds. The zero-order chi connectivity index (χ0) is 12.1. The number of hydrogen-bond acceptors (Lipinski definition) is 3. The minimum Gasteiger partial charge on any atom is -0.308 e. The van der Waals surface area contributed by atoms with Gasteiger partial charge in [0, 0.05) is 18.8 Å². The number of rotatable bonds is 4. The van der Waals surface area contributed by atoms with E-state index in [1.807, 2.05) is 19.2 Å². The molecule has 1 aliphatic rings. The van der Waals surface area contributed by atoms with Crippen LogP contribution < -0.4 is 5.32 Å². The number of aryl methyl sites for hydroxylation is 1. The van der Waals surface area contributed by atoms with Crippen molar-refractivity contribution in [1.82, 2.24) is 15.3 Å². The third-order valence-electron chi connectivity index (χ3n) is 3.77. The molecule has 0 radical (unpaired) electrons. The first-order valence-electron chi connectivity index (χ1n) is 6.80. The summed E-state index contributed by atoms with van der Waals surface area (Å²) in [6, 6.07) is 2.68. The molecule has 0 saturated heterocycles. The Morgan fingerprint density at radius 1 is 1.41 bits per heavy atom. The maximum atomic E-state index is 4.42. The van der Waals surface area contributed by atoms with E-state index in [1.54, 1.807) is 0 Å². The van der Waals surface area contributed by atoms with Crippen LogP contribution in [0.25, 0.3) is 0 Å². The first-order valence-corrected chi connectivity index (χ1v) is 6.80. The fourth-order valence-electron chi connectivity index (χ4n) is 2.70. The van der Waals surface area contributed by atoms with Gasteiger partial charge in [-0.3, -0.25) is 0 Å². The van der Waals surface area contributed by atoms with Crippen LogP contribution in [0.3, 0.4) is 0 Å². The zero-order valence-electron chi connectivity index (χ0n) is 10.9. The summed E-state index contributed by atoms with van der Waals surface area (Å²) >= 11 is 0. The van der Waals surface area contributed by atoms with Gasteiger partial charge in [0.25, 0.3) is 0 Å². The van der Waals surface area contributed by atoms with E-state index >= 15 is 0 Å². The molecule has 1 aromatic heterocycles. The van der Waals surface area contributed by atoms with Crippen molar-refractivity contribution in [3.8, 4) is 0 Å². The summed E-state index contributed by atoms with van der Waals surface area (Å²) in [5.74, 6) is 1.78. The van der Waals surface area contributed by atoms with E-state index in [0.717, 1.165) is 24.0 Å². The van der Waals surface area contributed by atoms with E-state index in [1.165, 1.54) is 32.1 Å². The van der Waals surface area contributed by atoms with Crippen molar-refractivity contribution < 1.29 is 0 Å². The lowest BCUT2D eigenvalue weighted by Gasteiger charge is -2.29. The molecular formula is C14H23N3. The highest BCUT2D eigenvalue weighted by molar-refractivity contribution is 5.01. The van der Waals surface area contributed by atoms with E-state index in [9.17, 15) is 0 Å². The molecule has 2 rings (SSSR count). The van der Waals surface area contributed by atoms with Gasteiger partial charge in [0.1, 0.15) is 5.82 Å². The van der Waals surface area contributed by atoms with E-state index in [4.69, 9.17) is 0 Å². The Bertz CT molecular complexity index is 351. The van der Waals surface area contributed by atoms with Crippen LogP contribution in [0.1, 0.15) is 50.5 Å². The molecule has 0 bridgehead atoms. The van der Waals surface area contributed by atoms with E-state index < -0.39 is 0 Å². The number of hydrogen-bond donors (Lipinski definition) is 1. The molecular weight excluding hydrogens is 210 g/mol. The van der Waals surface area contributed by atoms with Crippen molar-refractivity contribution in [3.05, 3.63) is 23.8 Å². The first-order chi connectivity index (χ1) is 8.28. The summed E-state index contributed by atoms with van der Waals surface area (Å²) in [6.45, 7) is 5.13. The predicted molar refractivity (Wildman–Crippen MR) is 69.6 cm³/mol. The molecule has 1 saturated carbocycles. The molecule has 1 aromatic rings. The average Bonchev–Trinajstić information content (AvgIpc) is 2.37. The van der Waals surface area contributed by atoms with Gasteiger partial charge in [-0.05, 0) is 31.7 Å². The highest BCUT2D eigenvalue weighted by Gasteiger charge is 2.20. The van der Waals surface area contributed by atoms with Crippen LogP contribution in [0.15, 0.2) is 12.3 Å². The smallest absolute Gasteiger partial charge is 0.125 e. The fraction of sp³-hybridized carbons (Fsp3) is 0.714. The molecule has 94 valence electrons. The normalized spacial score (nSPS) is 24.8. The van der Waals surface area contributed by atoms with Crippen LogP contribution in [-0.2, 0) is 6.54 Å². The van der Waals surface area contributed by atoms with Gasteiger partial charge in [-0.2, -0.15) is 0 Å². The van der Waals surface area contributed by atoms with Gasteiger partial charge >= 0.3 is 0 Å². The lowest BCUT2D eigenvalue weighted by atomic mass is 9.84. The Morgan fingerprint density at radius 2 is 2.29 bits per heavy atom. The standard InChI is InChI=1S/C14H23N3/c1-3-12-5-4-6-13(9-12)16-10-14-7-8-15-11(2)17-14/h7-8,12-13,16H,3-6,9-10H2,1-2H3. The molecule has 0 spiro atoms. The van der Waals surface area contributed by atoms with Gasteiger partial charge in [-0.25, -0.2) is 9.97 Å². The third-order valence-corrected chi connectivity index (χ3v) is 3.77. The zero-order valence-corrected chi connectivity index (χ0v) is 10.9. The molecule has 1 N–H and O–H groups in total. The monoisotopic (exact) mass is 233 g/mol. The third kappa shape index (κ3) is 3.77. The first kappa shape index (κ1) is 12.5. The van der Waals surface area contributed by atoms with Gasteiger partial charge in [0.2, 0.25) is 0 Å². The van der Waals surface area contributed by atoms with Crippen LogP contribution in [-0.4, -0.2) is 16.0 Å². The molecule has 0 aromatic carbocycles. The number of nitrogens with one attached hydrogen (secondary N) is 1. The van der Waals surface area contributed by atoms with Gasteiger partial charge < -0.3 is 5.32 Å². The van der Waals surface area contributed by atoms with Crippen molar-refractivity contribution in [3.63, 3.8) is 0 Å².